The van der Waals surface area contributed by atoms with Gasteiger partial charge in [0.2, 0.25) is 0 Å². The van der Waals surface area contributed by atoms with E-state index >= 15 is 8.78 Å². The van der Waals surface area contributed by atoms with Gasteiger partial charge in [0, 0.05) is 29.2 Å². The molecule has 37 heavy (non-hydrogen) atoms. The van der Waals surface area contributed by atoms with Crippen molar-refractivity contribution in [1.82, 2.24) is 0 Å². The maximum absolute atomic E-state index is 15.7. The third-order valence-corrected chi connectivity index (χ3v) is 7.35. The van der Waals surface area contributed by atoms with Crippen LogP contribution in [0.1, 0.15) is 40.7 Å². The van der Waals surface area contributed by atoms with E-state index in [0.717, 1.165) is 11.1 Å². The van der Waals surface area contributed by atoms with Gasteiger partial charge in [0.1, 0.15) is 6.61 Å². The van der Waals surface area contributed by atoms with Crippen molar-refractivity contribution >= 4 is 17.8 Å². The Morgan fingerprint density at radius 2 is 1.78 bits per heavy atom. The summed E-state index contributed by atoms with van der Waals surface area (Å²) in [5, 5.41) is 0. The van der Waals surface area contributed by atoms with Crippen LogP contribution in [0.5, 0.6) is 11.5 Å². The Bertz CT molecular complexity index is 1380. The van der Waals surface area contributed by atoms with E-state index in [1.54, 1.807) is 24.3 Å². The lowest BCUT2D eigenvalue weighted by molar-refractivity contribution is -0.0329. The summed E-state index contributed by atoms with van der Waals surface area (Å²) in [5.74, 6) is -2.96. The first-order valence-electron chi connectivity index (χ1n) is 11.7. The van der Waals surface area contributed by atoms with Gasteiger partial charge in [-0.25, -0.2) is 8.78 Å². The van der Waals surface area contributed by atoms with Gasteiger partial charge in [-0.05, 0) is 53.4 Å². The highest BCUT2D eigenvalue weighted by molar-refractivity contribution is 8.00. The number of ether oxygens (including phenoxy) is 3. The van der Waals surface area contributed by atoms with Gasteiger partial charge in [0.15, 0.2) is 23.1 Å². The number of methoxy groups -OCH3 is 1. The second-order valence-corrected chi connectivity index (χ2v) is 9.67. The molecule has 9 heteroatoms. The van der Waals surface area contributed by atoms with Gasteiger partial charge in [0.05, 0.1) is 18.6 Å². The fourth-order valence-corrected chi connectivity index (χ4v) is 5.82. The van der Waals surface area contributed by atoms with Crippen LogP contribution in [0.15, 0.2) is 47.4 Å². The van der Waals surface area contributed by atoms with Gasteiger partial charge >= 0.3 is 5.51 Å². The summed E-state index contributed by atoms with van der Waals surface area (Å²) in [4.78, 5) is -0.805. The molecule has 3 aromatic carbocycles. The predicted octanol–water partition coefficient (Wildman–Crippen LogP) is 7.73. The summed E-state index contributed by atoms with van der Waals surface area (Å²) in [6.45, 7) is 2.64. The van der Waals surface area contributed by atoms with Gasteiger partial charge in [-0.2, -0.15) is 13.2 Å². The van der Waals surface area contributed by atoms with Crippen LogP contribution >= 0.6 is 11.8 Å². The number of benzene rings is 3. The van der Waals surface area contributed by atoms with E-state index in [9.17, 15) is 13.2 Å². The molecule has 0 aliphatic heterocycles. The van der Waals surface area contributed by atoms with E-state index in [2.05, 4.69) is 0 Å². The molecule has 0 heterocycles. The number of allylic oxidation sites excluding steroid dienone is 1. The Kier molecular flexibility index (Phi) is 6.93. The zero-order valence-electron chi connectivity index (χ0n) is 20.0. The van der Waals surface area contributed by atoms with Crippen molar-refractivity contribution in [1.29, 1.82) is 0 Å². The number of thioether (sulfide) groups is 1. The third-order valence-electron chi connectivity index (χ3n) is 6.53. The molecule has 0 saturated heterocycles. The van der Waals surface area contributed by atoms with E-state index in [1.165, 1.54) is 7.11 Å². The first-order chi connectivity index (χ1) is 17.7. The number of rotatable bonds is 8. The average Bonchev–Trinajstić information content (AvgIpc) is 3.46. The minimum absolute atomic E-state index is 0.00526. The predicted molar refractivity (Wildman–Crippen MR) is 132 cm³/mol. The average molecular weight is 535 g/mol. The monoisotopic (exact) mass is 534 g/mol. The van der Waals surface area contributed by atoms with Crippen LogP contribution in [0.2, 0.25) is 0 Å². The Labute approximate surface area is 215 Å². The molecule has 0 amide bonds. The molecule has 0 radical (unpaired) electrons. The van der Waals surface area contributed by atoms with Crippen molar-refractivity contribution in [2.24, 2.45) is 0 Å². The van der Waals surface area contributed by atoms with E-state index in [-0.39, 0.29) is 47.8 Å². The van der Waals surface area contributed by atoms with Crippen LogP contribution in [-0.4, -0.2) is 32.4 Å². The van der Waals surface area contributed by atoms with Crippen molar-refractivity contribution in [2.75, 3.05) is 26.9 Å². The molecule has 0 N–H and O–H groups in total. The summed E-state index contributed by atoms with van der Waals surface area (Å²) in [5.41, 5.74) is -1.98. The Hall–Kier alpha value is -3.04. The van der Waals surface area contributed by atoms with Crippen LogP contribution < -0.4 is 9.47 Å². The van der Waals surface area contributed by atoms with Gasteiger partial charge in [0.25, 0.3) is 0 Å². The lowest BCUT2D eigenvalue weighted by atomic mass is 9.87. The molecule has 0 saturated carbocycles. The molecule has 3 aromatic rings. The smallest absolute Gasteiger partial charge is 0.446 e. The maximum Gasteiger partial charge on any atom is 0.446 e. The van der Waals surface area contributed by atoms with Crippen LogP contribution in [-0.2, 0) is 11.2 Å². The first kappa shape index (κ1) is 25.6. The van der Waals surface area contributed by atoms with Crippen molar-refractivity contribution in [3.05, 3.63) is 81.9 Å². The lowest BCUT2D eigenvalue weighted by Crippen LogP contribution is -2.11. The number of hydrogen-bond acceptors (Lipinski definition) is 4. The highest BCUT2D eigenvalue weighted by atomic mass is 32.2. The van der Waals surface area contributed by atoms with Crippen molar-refractivity contribution < 1.29 is 36.2 Å². The molecule has 1 unspecified atom stereocenters. The highest BCUT2D eigenvalue weighted by Crippen LogP contribution is 2.56. The molecule has 5 rings (SSSR count). The number of halogens is 5. The number of alkyl halides is 3. The maximum atomic E-state index is 15.7. The molecule has 2 aliphatic rings. The summed E-state index contributed by atoms with van der Waals surface area (Å²) >= 11 is -0.653. The zero-order valence-corrected chi connectivity index (χ0v) is 20.9. The molecular formula is C28H23F5O3S. The third kappa shape index (κ3) is 4.59. The second-order valence-electron chi connectivity index (χ2n) is 8.59. The molecule has 0 fully saturated rings. The van der Waals surface area contributed by atoms with Gasteiger partial charge in [-0.3, -0.25) is 0 Å². The summed E-state index contributed by atoms with van der Waals surface area (Å²) < 4.78 is 88.9. The number of hydrogen-bond donors (Lipinski definition) is 0. The van der Waals surface area contributed by atoms with Gasteiger partial charge < -0.3 is 14.2 Å². The topological polar surface area (TPSA) is 27.7 Å². The molecular weight excluding hydrogens is 511 g/mol. The largest absolute Gasteiger partial charge is 0.493 e. The summed E-state index contributed by atoms with van der Waals surface area (Å²) in [6, 6.07) is 10.7. The van der Waals surface area contributed by atoms with E-state index in [4.69, 9.17) is 14.2 Å². The highest BCUT2D eigenvalue weighted by Gasteiger charge is 2.41. The molecule has 0 spiro atoms. The molecule has 0 bridgehead atoms. The lowest BCUT2D eigenvalue weighted by Gasteiger charge is -2.22. The SMILES string of the molecule is CCOCCOc1c(OC)ccc2c1-c1c(c(C3C=Cc4ccccc43)c(F)c(F)c1SC(F)(F)F)C2. The van der Waals surface area contributed by atoms with E-state index < -0.39 is 39.7 Å². The fourth-order valence-electron chi connectivity index (χ4n) is 5.08. The van der Waals surface area contributed by atoms with Crippen molar-refractivity contribution in [3.8, 4) is 22.6 Å². The second kappa shape index (κ2) is 10.0. The normalized spacial score (nSPS) is 15.5. The molecule has 1 atom stereocenters. The van der Waals surface area contributed by atoms with Crippen LogP contribution in [0.25, 0.3) is 17.2 Å². The summed E-state index contributed by atoms with van der Waals surface area (Å²) in [7, 11) is 1.41. The first-order valence-corrected chi connectivity index (χ1v) is 12.5. The van der Waals surface area contributed by atoms with Gasteiger partial charge in [-0.15, -0.1) is 0 Å². The Morgan fingerprint density at radius 3 is 2.51 bits per heavy atom. The minimum Gasteiger partial charge on any atom is -0.493 e. The Balaban J connectivity index is 1.76. The van der Waals surface area contributed by atoms with E-state index in [0.29, 0.717) is 17.7 Å². The minimum atomic E-state index is -4.83. The quantitative estimate of drug-likeness (QED) is 0.131. The molecule has 3 nitrogen and oxygen atoms in total. The Morgan fingerprint density at radius 1 is 1.00 bits per heavy atom. The standard InChI is InChI=1S/C28H23F5O3S/c1-3-35-12-13-36-26-20(34-2)11-9-16-14-19-22(18-10-8-15-6-4-5-7-17(15)18)24(29)25(30)27(23(19)21(16)26)37-28(31,32)33/h4-11,18H,3,12-14H2,1-2H3. The van der Waals surface area contributed by atoms with Crippen LogP contribution in [0.4, 0.5) is 22.0 Å². The van der Waals surface area contributed by atoms with Gasteiger partial charge in [-0.1, -0.05) is 42.5 Å². The molecule has 0 aromatic heterocycles. The van der Waals surface area contributed by atoms with Crippen molar-refractivity contribution in [3.63, 3.8) is 0 Å². The number of fused-ring (bicyclic) bond motifs is 4. The van der Waals surface area contributed by atoms with E-state index in [1.807, 2.05) is 31.2 Å². The molecule has 194 valence electrons. The van der Waals surface area contributed by atoms with Crippen molar-refractivity contribution in [2.45, 2.75) is 29.7 Å². The van der Waals surface area contributed by atoms with Crippen LogP contribution in [0, 0.1) is 11.6 Å². The fraction of sp³-hybridized carbons (Fsp3) is 0.286. The molecule has 2 aliphatic carbocycles. The summed E-state index contributed by atoms with van der Waals surface area (Å²) in [6.07, 6.45) is 3.69. The zero-order chi connectivity index (χ0) is 26.3. The van der Waals surface area contributed by atoms with Crippen LogP contribution in [0.3, 0.4) is 0 Å².